The normalized spacial score (nSPS) is 30.6. The number of carbonyl (C=O) groups excluding carboxylic acids is 3. The lowest BCUT2D eigenvalue weighted by Crippen LogP contribution is -2.56. The molecule has 10 heteroatoms. The first-order chi connectivity index (χ1) is 20.7. The molecule has 2 fully saturated rings. The van der Waals surface area contributed by atoms with E-state index in [1.807, 2.05) is 75.4 Å². The number of fused-ring (bicyclic) bond motifs is 2. The fourth-order valence-electron chi connectivity index (χ4n) is 7.28. The van der Waals surface area contributed by atoms with Gasteiger partial charge in [0.15, 0.2) is 0 Å². The van der Waals surface area contributed by atoms with E-state index in [9.17, 15) is 19.5 Å². The summed E-state index contributed by atoms with van der Waals surface area (Å²) in [5.74, 6) is -1.53. The third-order valence-electron chi connectivity index (χ3n) is 9.17. The highest BCUT2D eigenvalue weighted by Crippen LogP contribution is 2.66. The maximum atomic E-state index is 14.7. The lowest BCUT2D eigenvalue weighted by atomic mass is 9.74. The summed E-state index contributed by atoms with van der Waals surface area (Å²) in [5.41, 5.74) is 1.27. The lowest BCUT2D eigenvalue weighted by Gasteiger charge is -2.39. The van der Waals surface area contributed by atoms with Crippen LogP contribution in [0.15, 0.2) is 72.8 Å². The number of aliphatic hydroxyl groups is 1. The number of hydrogen-bond donors (Lipinski definition) is 1. The first-order valence-corrected chi connectivity index (χ1v) is 16.0. The molecule has 4 aliphatic heterocycles. The van der Waals surface area contributed by atoms with Gasteiger partial charge in [-0.2, -0.15) is 0 Å². The number of thioether (sulfide) groups is 1. The van der Waals surface area contributed by atoms with Gasteiger partial charge in [-0.3, -0.25) is 14.4 Å². The van der Waals surface area contributed by atoms with Crippen LogP contribution in [0.2, 0.25) is 5.02 Å². The number of amides is 3. The molecule has 3 amide bonds. The van der Waals surface area contributed by atoms with Gasteiger partial charge in [-0.25, -0.2) is 0 Å². The van der Waals surface area contributed by atoms with Gasteiger partial charge in [0.25, 0.3) is 5.91 Å². The first-order valence-electron chi connectivity index (χ1n) is 14.8. The third kappa shape index (κ3) is 4.59. The second-order valence-electron chi connectivity index (χ2n) is 11.6. The van der Waals surface area contributed by atoms with E-state index in [4.69, 9.17) is 16.3 Å². The van der Waals surface area contributed by atoms with Gasteiger partial charge in [0, 0.05) is 23.5 Å². The van der Waals surface area contributed by atoms with Gasteiger partial charge in [-0.05, 0) is 56.7 Å². The van der Waals surface area contributed by atoms with E-state index in [-0.39, 0.29) is 30.9 Å². The van der Waals surface area contributed by atoms with Crippen molar-refractivity contribution in [3.8, 4) is 5.75 Å². The van der Waals surface area contributed by atoms with Gasteiger partial charge in [0.2, 0.25) is 11.8 Å². The number of ether oxygens (including phenoxy) is 1. The van der Waals surface area contributed by atoms with Crippen LogP contribution in [-0.2, 0) is 14.4 Å². The molecule has 4 heterocycles. The largest absolute Gasteiger partial charge is 0.494 e. The van der Waals surface area contributed by atoms with Gasteiger partial charge in [0.1, 0.15) is 11.8 Å². The van der Waals surface area contributed by atoms with Crippen molar-refractivity contribution in [2.45, 2.75) is 48.8 Å². The highest BCUT2D eigenvalue weighted by atomic mass is 35.5. The number of halogens is 1. The molecule has 8 nitrogen and oxygen atoms in total. The number of benzene rings is 2. The highest BCUT2D eigenvalue weighted by molar-refractivity contribution is 8.02. The second kappa shape index (κ2) is 11.3. The Morgan fingerprint density at radius 1 is 0.953 bits per heavy atom. The van der Waals surface area contributed by atoms with Crippen molar-refractivity contribution < 1.29 is 24.2 Å². The van der Waals surface area contributed by atoms with Crippen LogP contribution in [0.25, 0.3) is 0 Å². The van der Waals surface area contributed by atoms with Crippen molar-refractivity contribution >= 4 is 52.5 Å². The maximum absolute atomic E-state index is 14.7. The fourth-order valence-corrected chi connectivity index (χ4v) is 9.66. The zero-order valence-electron chi connectivity index (χ0n) is 24.5. The molecule has 1 spiro atoms. The predicted molar refractivity (Wildman–Crippen MR) is 170 cm³/mol. The third-order valence-corrected chi connectivity index (χ3v) is 11.3. The molecular weight excluding hydrogens is 586 g/mol. The predicted octanol–water partition coefficient (Wildman–Crippen LogP) is 4.70. The molecule has 226 valence electrons. The minimum Gasteiger partial charge on any atom is -0.494 e. The van der Waals surface area contributed by atoms with Crippen LogP contribution in [-0.4, -0.2) is 75.6 Å². The number of hydrogen-bond acceptors (Lipinski definition) is 6. The van der Waals surface area contributed by atoms with Crippen LogP contribution >= 0.6 is 23.4 Å². The smallest absolute Gasteiger partial charge is 0.251 e. The van der Waals surface area contributed by atoms with E-state index < -0.39 is 33.4 Å². The van der Waals surface area contributed by atoms with Crippen molar-refractivity contribution in [2.24, 2.45) is 11.8 Å². The molecule has 1 N–H and O–H groups in total. The number of carbonyl (C=O) groups is 3. The summed E-state index contributed by atoms with van der Waals surface area (Å²) in [5, 5.41) is 10.8. The number of anilines is 2. The Bertz CT molecular complexity index is 1490. The number of nitrogens with zero attached hydrogens (tertiary/aromatic N) is 3. The summed E-state index contributed by atoms with van der Waals surface area (Å²) in [6.45, 7) is 6.70. The Hall–Kier alpha value is -3.27. The molecule has 0 saturated carbocycles. The van der Waals surface area contributed by atoms with Gasteiger partial charge in [-0.15, -0.1) is 11.8 Å². The summed E-state index contributed by atoms with van der Waals surface area (Å²) in [6.07, 6.45) is 8.38. The Morgan fingerprint density at radius 3 is 2.33 bits per heavy atom. The molecule has 0 aliphatic carbocycles. The molecule has 2 aromatic carbocycles. The van der Waals surface area contributed by atoms with Crippen molar-refractivity contribution in [3.63, 3.8) is 0 Å². The van der Waals surface area contributed by atoms with E-state index in [1.54, 1.807) is 32.9 Å². The fraction of sp³-hybridized carbons (Fsp3) is 0.424. The van der Waals surface area contributed by atoms with Crippen LogP contribution < -0.4 is 14.5 Å². The van der Waals surface area contributed by atoms with Gasteiger partial charge < -0.3 is 24.5 Å². The van der Waals surface area contributed by atoms with Crippen LogP contribution in [0.3, 0.4) is 0 Å². The molecule has 0 bridgehead atoms. The maximum Gasteiger partial charge on any atom is 0.251 e. The Balaban J connectivity index is 1.46. The molecule has 4 aliphatic rings. The summed E-state index contributed by atoms with van der Waals surface area (Å²) in [6, 6.07) is 13.1. The average molecular weight is 622 g/mol. The zero-order chi connectivity index (χ0) is 30.5. The number of likely N-dealkylation sites (tertiary alicyclic amines) is 1. The quantitative estimate of drug-likeness (QED) is 0.451. The zero-order valence-corrected chi connectivity index (χ0v) is 26.1. The Morgan fingerprint density at radius 2 is 1.65 bits per heavy atom. The Kier molecular flexibility index (Phi) is 7.85. The second-order valence-corrected chi connectivity index (χ2v) is 13.8. The first kappa shape index (κ1) is 29.8. The molecule has 2 saturated heterocycles. The van der Waals surface area contributed by atoms with Crippen LogP contribution in [0.1, 0.15) is 27.2 Å². The lowest BCUT2D eigenvalue weighted by molar-refractivity contribution is -0.142. The molecule has 2 aromatic rings. The van der Waals surface area contributed by atoms with Gasteiger partial charge in [-0.1, -0.05) is 55.0 Å². The minimum atomic E-state index is -1.02. The molecule has 6 rings (SSSR count). The van der Waals surface area contributed by atoms with E-state index >= 15 is 0 Å². The number of rotatable bonds is 7. The molecular formula is C33H36ClN3O5S. The highest BCUT2D eigenvalue weighted by Gasteiger charge is 2.74. The molecule has 1 unspecified atom stereocenters. The molecule has 0 aromatic heterocycles. The van der Waals surface area contributed by atoms with Crippen molar-refractivity contribution in [1.82, 2.24) is 4.90 Å². The van der Waals surface area contributed by atoms with Crippen molar-refractivity contribution in [3.05, 3.63) is 77.9 Å². The van der Waals surface area contributed by atoms with Crippen LogP contribution in [0.4, 0.5) is 11.4 Å². The van der Waals surface area contributed by atoms with E-state index in [2.05, 4.69) is 0 Å². The molecule has 6 atom stereocenters. The number of aliphatic hydroxyl groups excluding tert-OH is 1. The van der Waals surface area contributed by atoms with Gasteiger partial charge >= 0.3 is 0 Å². The Labute approximate surface area is 261 Å². The summed E-state index contributed by atoms with van der Waals surface area (Å²) in [7, 11) is 0. The van der Waals surface area contributed by atoms with Crippen LogP contribution in [0.5, 0.6) is 5.75 Å². The molecule has 0 radical (unpaired) electrons. The summed E-state index contributed by atoms with van der Waals surface area (Å²) in [4.78, 5) is 48.8. The number of para-hydroxylation sites is 1. The van der Waals surface area contributed by atoms with E-state index in [0.29, 0.717) is 41.7 Å². The average Bonchev–Trinajstić information content (AvgIpc) is 3.27. The minimum absolute atomic E-state index is 0.162. The van der Waals surface area contributed by atoms with Crippen molar-refractivity contribution in [2.75, 3.05) is 36.1 Å². The topological polar surface area (TPSA) is 90.4 Å². The van der Waals surface area contributed by atoms with Crippen molar-refractivity contribution in [1.29, 1.82) is 0 Å². The van der Waals surface area contributed by atoms with E-state index in [0.717, 1.165) is 0 Å². The molecule has 43 heavy (non-hydrogen) atoms. The standard InChI is InChI=1S/C33H36ClN3O5S/c1-4-21(20-38)37-28-31(41)36(25-11-7-6-10-24(25)34)19-9-17-33(28)27(30(37)40)26-29(39)35(18-8-16-32(26,3)43-33)22-12-14-23(15-13-22)42-5-2/h6-17,21,26-28,38H,4-5,18-20H2,1-3H3/t21-,26+,27-,28?,32-,33-/m0/s1. The summed E-state index contributed by atoms with van der Waals surface area (Å²) < 4.78 is 3.83. The SMILES string of the molecule is CCOc1ccc(N2CC=C[C@]3(C)S[C@]45C=CCN(c6ccccc6Cl)C(=O)C4N([C@@H](CC)CO)C(=O)[C@@H]5[C@@H]3C2=O)cc1. The van der Waals surface area contributed by atoms with Gasteiger partial charge in [0.05, 0.1) is 46.5 Å². The van der Waals surface area contributed by atoms with Crippen LogP contribution in [0, 0.1) is 11.8 Å². The summed E-state index contributed by atoms with van der Waals surface area (Å²) >= 11 is 8.08. The van der Waals surface area contributed by atoms with E-state index in [1.165, 1.54) is 11.8 Å². The monoisotopic (exact) mass is 621 g/mol.